The van der Waals surface area contributed by atoms with Crippen molar-refractivity contribution in [3.05, 3.63) is 93.7 Å². The second-order valence-corrected chi connectivity index (χ2v) is 6.44. The van der Waals surface area contributed by atoms with Crippen molar-refractivity contribution in [1.82, 2.24) is 4.98 Å². The highest BCUT2D eigenvalue weighted by Gasteiger charge is 2.27. The molecule has 2 heterocycles. The lowest BCUT2D eigenvalue weighted by atomic mass is 9.85. The number of benzene rings is 2. The molecule has 5 nitrogen and oxygen atoms in total. The number of hydrogen-bond donors (Lipinski definition) is 2. The van der Waals surface area contributed by atoms with Gasteiger partial charge in [0, 0.05) is 29.1 Å². The lowest BCUT2D eigenvalue weighted by molar-refractivity contribution is 0.414. The molecule has 0 aliphatic carbocycles. The molecule has 2 aromatic carbocycles. The predicted octanol–water partition coefficient (Wildman–Crippen LogP) is 4.32. The van der Waals surface area contributed by atoms with Crippen molar-refractivity contribution in [2.45, 2.75) is 12.8 Å². The Balaban J connectivity index is 2.00. The lowest BCUT2D eigenvalue weighted by Gasteiger charge is -2.18. The van der Waals surface area contributed by atoms with Crippen LogP contribution in [0.4, 0.5) is 0 Å². The van der Waals surface area contributed by atoms with Gasteiger partial charge in [-0.05, 0) is 36.2 Å². The van der Waals surface area contributed by atoms with E-state index in [-0.39, 0.29) is 11.3 Å². The van der Waals surface area contributed by atoms with Crippen LogP contribution in [0.15, 0.2) is 70.0 Å². The summed E-state index contributed by atoms with van der Waals surface area (Å²) < 4.78 is 10.5. The molecule has 0 radical (unpaired) electrons. The van der Waals surface area contributed by atoms with Crippen LogP contribution in [0.5, 0.6) is 11.5 Å². The molecule has 0 aliphatic heterocycles. The Morgan fingerprint density at radius 1 is 1.11 bits per heavy atom. The highest BCUT2D eigenvalue weighted by Crippen LogP contribution is 2.38. The quantitative estimate of drug-likeness (QED) is 0.567. The fourth-order valence-electron chi connectivity index (χ4n) is 3.50. The second kappa shape index (κ2) is 6.68. The Morgan fingerprint density at radius 2 is 1.85 bits per heavy atom. The van der Waals surface area contributed by atoms with Crippen LogP contribution in [0.3, 0.4) is 0 Å². The van der Waals surface area contributed by atoms with Gasteiger partial charge in [0.2, 0.25) is 0 Å². The Morgan fingerprint density at radius 3 is 2.56 bits per heavy atom. The van der Waals surface area contributed by atoms with Gasteiger partial charge in [0.05, 0.1) is 12.7 Å². The first-order valence-electron chi connectivity index (χ1n) is 8.62. The summed E-state index contributed by atoms with van der Waals surface area (Å²) in [5, 5.41) is 11.6. The highest BCUT2D eigenvalue weighted by molar-refractivity contribution is 5.85. The Labute approximate surface area is 155 Å². The van der Waals surface area contributed by atoms with Crippen LogP contribution in [-0.2, 0) is 0 Å². The number of ether oxygens (including phenoxy) is 1. The van der Waals surface area contributed by atoms with E-state index in [2.05, 4.69) is 4.98 Å². The van der Waals surface area contributed by atoms with E-state index >= 15 is 0 Å². The molecule has 4 rings (SSSR count). The number of aromatic amines is 1. The van der Waals surface area contributed by atoms with Gasteiger partial charge in [-0.25, -0.2) is 4.79 Å². The summed E-state index contributed by atoms with van der Waals surface area (Å²) in [5.41, 5.74) is 2.38. The van der Waals surface area contributed by atoms with E-state index in [9.17, 15) is 9.90 Å². The molecule has 27 heavy (non-hydrogen) atoms. The minimum Gasteiger partial charge on any atom is -0.507 e. The van der Waals surface area contributed by atoms with Crippen molar-refractivity contribution in [1.29, 1.82) is 0 Å². The molecule has 0 spiro atoms. The first kappa shape index (κ1) is 17.0. The summed E-state index contributed by atoms with van der Waals surface area (Å²) in [6, 6.07) is 16.8. The second-order valence-electron chi connectivity index (χ2n) is 6.44. The van der Waals surface area contributed by atoms with Crippen LogP contribution in [0.1, 0.15) is 28.4 Å². The zero-order chi connectivity index (χ0) is 19.0. The summed E-state index contributed by atoms with van der Waals surface area (Å²) in [6.07, 6.45) is 1.87. The normalized spacial score (nSPS) is 12.2. The third kappa shape index (κ3) is 2.97. The maximum Gasteiger partial charge on any atom is 0.343 e. The topological polar surface area (TPSA) is 75.5 Å². The van der Waals surface area contributed by atoms with Crippen LogP contribution in [-0.4, -0.2) is 17.2 Å². The summed E-state index contributed by atoms with van der Waals surface area (Å²) in [4.78, 5) is 15.9. The average Bonchev–Trinajstić information content (AvgIpc) is 3.08. The van der Waals surface area contributed by atoms with Crippen LogP contribution < -0.4 is 10.4 Å². The van der Waals surface area contributed by atoms with E-state index in [0.717, 1.165) is 27.8 Å². The van der Waals surface area contributed by atoms with Gasteiger partial charge in [0.15, 0.2) is 0 Å². The van der Waals surface area contributed by atoms with Crippen molar-refractivity contribution in [2.75, 3.05) is 7.11 Å². The molecule has 2 aromatic heterocycles. The Bertz CT molecular complexity index is 1160. The number of aryl methyl sites for hydroxylation is 1. The van der Waals surface area contributed by atoms with Gasteiger partial charge < -0.3 is 19.2 Å². The average molecular weight is 361 g/mol. The maximum atomic E-state index is 12.7. The van der Waals surface area contributed by atoms with Crippen molar-refractivity contribution in [3.63, 3.8) is 0 Å². The summed E-state index contributed by atoms with van der Waals surface area (Å²) in [6.45, 7) is 1.64. The van der Waals surface area contributed by atoms with Crippen molar-refractivity contribution >= 4 is 10.9 Å². The number of rotatable bonds is 4. The van der Waals surface area contributed by atoms with Crippen LogP contribution in [0.2, 0.25) is 0 Å². The lowest BCUT2D eigenvalue weighted by Crippen LogP contribution is -2.15. The van der Waals surface area contributed by atoms with Crippen LogP contribution in [0, 0.1) is 6.92 Å². The third-order valence-corrected chi connectivity index (χ3v) is 4.76. The number of aromatic hydroxyl groups is 1. The van der Waals surface area contributed by atoms with Crippen molar-refractivity contribution in [2.24, 2.45) is 0 Å². The number of para-hydroxylation sites is 1. The van der Waals surface area contributed by atoms with E-state index in [1.807, 2.05) is 54.7 Å². The van der Waals surface area contributed by atoms with Crippen molar-refractivity contribution in [3.8, 4) is 11.5 Å². The molecule has 1 atom stereocenters. The van der Waals surface area contributed by atoms with Gasteiger partial charge in [-0.15, -0.1) is 0 Å². The van der Waals surface area contributed by atoms with Crippen molar-refractivity contribution < 1.29 is 14.3 Å². The third-order valence-electron chi connectivity index (χ3n) is 4.76. The van der Waals surface area contributed by atoms with Gasteiger partial charge >= 0.3 is 5.63 Å². The molecule has 0 saturated heterocycles. The zero-order valence-electron chi connectivity index (χ0n) is 15.0. The molecule has 4 aromatic rings. The zero-order valence-corrected chi connectivity index (χ0v) is 15.0. The van der Waals surface area contributed by atoms with Gasteiger partial charge in [-0.3, -0.25) is 0 Å². The molecule has 0 aliphatic rings. The number of aromatic nitrogens is 1. The monoisotopic (exact) mass is 361 g/mol. The molecule has 0 amide bonds. The summed E-state index contributed by atoms with van der Waals surface area (Å²) in [5.74, 6) is 0.531. The molecule has 136 valence electrons. The standard InChI is InChI=1S/C22H19NO4/c1-13-11-19(24)21(22(25)27-13)20(14-7-9-15(26-2)10-8-14)17-12-23-18-6-4-3-5-16(17)18/h3-12,20,23-24H,1-2H3. The van der Waals surface area contributed by atoms with E-state index in [1.54, 1.807) is 14.0 Å². The van der Waals surface area contributed by atoms with E-state index < -0.39 is 11.5 Å². The molecule has 0 saturated carbocycles. The Hall–Kier alpha value is -3.47. The maximum absolute atomic E-state index is 12.7. The molecular weight excluding hydrogens is 342 g/mol. The van der Waals surface area contributed by atoms with Crippen LogP contribution >= 0.6 is 0 Å². The predicted molar refractivity (Wildman–Crippen MR) is 104 cm³/mol. The number of H-pyrrole nitrogens is 1. The van der Waals surface area contributed by atoms with Gasteiger partial charge in [0.25, 0.3) is 0 Å². The molecular formula is C22H19NO4. The molecule has 0 bridgehead atoms. The fraction of sp³-hybridized carbons (Fsp3) is 0.136. The molecule has 1 unspecified atom stereocenters. The molecule has 5 heteroatoms. The van der Waals surface area contributed by atoms with E-state index in [0.29, 0.717) is 5.76 Å². The van der Waals surface area contributed by atoms with Gasteiger partial charge in [-0.2, -0.15) is 0 Å². The summed E-state index contributed by atoms with van der Waals surface area (Å²) >= 11 is 0. The number of nitrogens with one attached hydrogen (secondary N) is 1. The number of fused-ring (bicyclic) bond motifs is 1. The summed E-state index contributed by atoms with van der Waals surface area (Å²) in [7, 11) is 1.60. The first-order chi connectivity index (χ1) is 13.1. The van der Waals surface area contributed by atoms with Gasteiger partial charge in [-0.1, -0.05) is 30.3 Å². The fourth-order valence-corrected chi connectivity index (χ4v) is 3.50. The minimum absolute atomic E-state index is 0.0742. The highest BCUT2D eigenvalue weighted by atomic mass is 16.5. The molecule has 2 N–H and O–H groups in total. The first-order valence-corrected chi connectivity index (χ1v) is 8.62. The minimum atomic E-state index is -0.543. The largest absolute Gasteiger partial charge is 0.507 e. The SMILES string of the molecule is COc1ccc(C(c2c(O)cc(C)oc2=O)c2c[nH]c3ccccc23)cc1. The van der Waals surface area contributed by atoms with E-state index in [4.69, 9.17) is 9.15 Å². The Kier molecular flexibility index (Phi) is 4.20. The molecule has 0 fully saturated rings. The van der Waals surface area contributed by atoms with Crippen LogP contribution in [0.25, 0.3) is 10.9 Å². The number of hydrogen-bond acceptors (Lipinski definition) is 4. The number of methoxy groups -OCH3 is 1. The smallest absolute Gasteiger partial charge is 0.343 e. The van der Waals surface area contributed by atoms with E-state index in [1.165, 1.54) is 6.07 Å². The van der Waals surface area contributed by atoms with Gasteiger partial charge in [0.1, 0.15) is 17.3 Å².